The Hall–Kier alpha value is -2.22. The fraction of sp³-hybridized carbons (Fsp3) is 0.333. The minimum absolute atomic E-state index is 0.0310. The molecule has 29 heavy (non-hydrogen) atoms. The Morgan fingerprint density at radius 3 is 2.83 bits per heavy atom. The summed E-state index contributed by atoms with van der Waals surface area (Å²) in [6.07, 6.45) is 1.99. The van der Waals surface area contributed by atoms with E-state index in [2.05, 4.69) is 4.98 Å². The number of carbonyl (C=O) groups is 1. The molecule has 5 nitrogen and oxygen atoms in total. The number of ether oxygens (including phenoxy) is 2. The predicted molar refractivity (Wildman–Crippen MR) is 113 cm³/mol. The Morgan fingerprint density at radius 1 is 1.34 bits per heavy atom. The van der Waals surface area contributed by atoms with Crippen molar-refractivity contribution >= 4 is 44.2 Å². The van der Waals surface area contributed by atoms with E-state index in [0.29, 0.717) is 34.6 Å². The fourth-order valence-electron chi connectivity index (χ4n) is 3.37. The summed E-state index contributed by atoms with van der Waals surface area (Å²) in [7, 11) is 1.57. The number of fused-ring (bicyclic) bond motifs is 1. The zero-order valence-corrected chi connectivity index (χ0v) is 17.4. The summed E-state index contributed by atoms with van der Waals surface area (Å²) >= 11 is 7.70. The Balaban J connectivity index is 1.68. The molecule has 1 aliphatic heterocycles. The molecule has 1 unspecified atom stereocenters. The highest BCUT2D eigenvalue weighted by atomic mass is 35.5. The van der Waals surface area contributed by atoms with E-state index in [-0.39, 0.29) is 24.2 Å². The normalized spacial score (nSPS) is 16.3. The molecule has 1 saturated heterocycles. The lowest BCUT2D eigenvalue weighted by atomic mass is 10.1. The molecule has 4 rings (SSSR count). The van der Waals surface area contributed by atoms with Crippen molar-refractivity contribution in [3.8, 4) is 5.75 Å². The average molecular weight is 435 g/mol. The van der Waals surface area contributed by atoms with Crippen LogP contribution in [0.2, 0.25) is 5.02 Å². The lowest BCUT2D eigenvalue weighted by molar-refractivity contribution is -0.118. The number of amides is 1. The zero-order chi connectivity index (χ0) is 20.4. The second kappa shape index (κ2) is 8.65. The van der Waals surface area contributed by atoms with Gasteiger partial charge in [-0.05, 0) is 42.7 Å². The summed E-state index contributed by atoms with van der Waals surface area (Å²) in [6, 6.07) is 9.48. The van der Waals surface area contributed by atoms with Gasteiger partial charge in [-0.15, -0.1) is 0 Å². The van der Waals surface area contributed by atoms with Crippen LogP contribution in [0, 0.1) is 5.82 Å². The highest BCUT2D eigenvalue weighted by Crippen LogP contribution is 2.39. The number of nitrogens with zero attached hydrogens (tertiary/aromatic N) is 2. The van der Waals surface area contributed by atoms with Crippen molar-refractivity contribution in [2.24, 2.45) is 0 Å². The van der Waals surface area contributed by atoms with Gasteiger partial charge >= 0.3 is 0 Å². The van der Waals surface area contributed by atoms with E-state index in [4.69, 9.17) is 21.1 Å². The minimum atomic E-state index is -0.328. The second-order valence-electron chi connectivity index (χ2n) is 6.87. The number of carbonyl (C=O) groups excluding carboxylic acids is 1. The van der Waals surface area contributed by atoms with Crippen molar-refractivity contribution in [2.45, 2.75) is 25.4 Å². The van der Waals surface area contributed by atoms with Gasteiger partial charge in [-0.1, -0.05) is 35.1 Å². The third-order valence-electron chi connectivity index (χ3n) is 4.88. The Bertz CT molecular complexity index is 1020. The summed E-state index contributed by atoms with van der Waals surface area (Å²) < 4.78 is 25.1. The topological polar surface area (TPSA) is 51.7 Å². The van der Waals surface area contributed by atoms with Crippen molar-refractivity contribution in [3.63, 3.8) is 0 Å². The summed E-state index contributed by atoms with van der Waals surface area (Å²) in [6.45, 7) is 1.12. The number of methoxy groups -OCH3 is 1. The molecule has 1 fully saturated rings. The number of anilines is 1. The molecule has 0 radical (unpaired) electrons. The van der Waals surface area contributed by atoms with E-state index >= 15 is 0 Å². The highest BCUT2D eigenvalue weighted by Gasteiger charge is 2.27. The molecule has 3 aromatic rings. The van der Waals surface area contributed by atoms with Crippen molar-refractivity contribution in [3.05, 3.63) is 52.8 Å². The summed E-state index contributed by atoms with van der Waals surface area (Å²) in [5, 5.41) is 1.11. The van der Waals surface area contributed by atoms with Crippen LogP contribution in [0.5, 0.6) is 5.75 Å². The SMILES string of the molecule is COc1ccc(Cl)c2sc(N(CC3CCCO3)C(=O)Cc3ccc(F)cc3)nc12. The van der Waals surface area contributed by atoms with Crippen molar-refractivity contribution in [1.29, 1.82) is 0 Å². The Morgan fingerprint density at radius 2 is 2.14 bits per heavy atom. The number of benzene rings is 2. The molecular weight excluding hydrogens is 415 g/mol. The molecule has 0 spiro atoms. The number of thiazole rings is 1. The van der Waals surface area contributed by atoms with E-state index in [1.807, 2.05) is 0 Å². The van der Waals surface area contributed by atoms with Crippen molar-refractivity contribution < 1.29 is 18.7 Å². The monoisotopic (exact) mass is 434 g/mol. The standard InChI is InChI=1S/C21H20ClFN2O3S/c1-27-17-9-8-16(22)20-19(17)24-21(29-20)25(12-15-3-2-10-28-15)18(26)11-13-4-6-14(23)7-5-13/h4-9,15H,2-3,10-12H2,1H3. The molecule has 0 aliphatic carbocycles. The van der Waals surface area contributed by atoms with Crippen LogP contribution in [0.3, 0.4) is 0 Å². The van der Waals surface area contributed by atoms with Gasteiger partial charge in [0.1, 0.15) is 17.1 Å². The molecule has 2 aromatic carbocycles. The van der Waals surface area contributed by atoms with Gasteiger partial charge in [0.05, 0.1) is 35.9 Å². The summed E-state index contributed by atoms with van der Waals surface area (Å²) in [5.41, 5.74) is 1.37. The van der Waals surface area contributed by atoms with Gasteiger partial charge in [-0.25, -0.2) is 9.37 Å². The number of aromatic nitrogens is 1. The lowest BCUT2D eigenvalue weighted by Gasteiger charge is -2.23. The van der Waals surface area contributed by atoms with Gasteiger partial charge in [0.2, 0.25) is 5.91 Å². The van der Waals surface area contributed by atoms with Gasteiger partial charge in [-0.2, -0.15) is 0 Å². The molecule has 1 aliphatic rings. The average Bonchev–Trinajstić information content (AvgIpc) is 3.38. The largest absolute Gasteiger partial charge is 0.494 e. The first-order valence-electron chi connectivity index (χ1n) is 9.34. The third kappa shape index (κ3) is 4.37. The van der Waals surface area contributed by atoms with Gasteiger partial charge < -0.3 is 9.47 Å². The fourth-order valence-corrected chi connectivity index (χ4v) is 4.65. The molecular formula is C21H20ClFN2O3S. The first kappa shape index (κ1) is 20.1. The zero-order valence-electron chi connectivity index (χ0n) is 15.9. The van der Waals surface area contributed by atoms with Gasteiger partial charge in [0.25, 0.3) is 0 Å². The first-order chi connectivity index (χ1) is 14.0. The van der Waals surface area contributed by atoms with Crippen LogP contribution < -0.4 is 9.64 Å². The molecule has 0 bridgehead atoms. The molecule has 1 amide bonds. The van der Waals surface area contributed by atoms with E-state index in [9.17, 15) is 9.18 Å². The van der Waals surface area contributed by atoms with Crippen LogP contribution in [0.1, 0.15) is 18.4 Å². The molecule has 1 aromatic heterocycles. The summed E-state index contributed by atoms with van der Waals surface area (Å²) in [5.74, 6) is 0.154. The molecule has 0 saturated carbocycles. The van der Waals surface area contributed by atoms with Crippen LogP contribution in [0.25, 0.3) is 10.2 Å². The molecule has 1 atom stereocenters. The second-order valence-corrected chi connectivity index (χ2v) is 8.25. The maximum absolute atomic E-state index is 13.2. The molecule has 8 heteroatoms. The van der Waals surface area contributed by atoms with E-state index in [1.54, 1.807) is 36.3 Å². The number of rotatable bonds is 6. The number of hydrogen-bond donors (Lipinski definition) is 0. The van der Waals surface area contributed by atoms with Gasteiger partial charge in [0, 0.05) is 6.61 Å². The molecule has 152 valence electrons. The van der Waals surface area contributed by atoms with Crippen molar-refractivity contribution in [1.82, 2.24) is 4.98 Å². The van der Waals surface area contributed by atoms with Gasteiger partial charge in [0.15, 0.2) is 5.13 Å². The first-order valence-corrected chi connectivity index (χ1v) is 10.5. The van der Waals surface area contributed by atoms with Crippen LogP contribution in [-0.4, -0.2) is 37.3 Å². The quantitative estimate of drug-likeness (QED) is 0.556. The lowest BCUT2D eigenvalue weighted by Crippen LogP contribution is -2.38. The van der Waals surface area contributed by atoms with Crippen LogP contribution in [0.15, 0.2) is 36.4 Å². The smallest absolute Gasteiger partial charge is 0.233 e. The van der Waals surface area contributed by atoms with E-state index < -0.39 is 0 Å². The summed E-state index contributed by atoms with van der Waals surface area (Å²) in [4.78, 5) is 19.5. The van der Waals surface area contributed by atoms with E-state index in [1.165, 1.54) is 23.5 Å². The maximum atomic E-state index is 13.2. The number of hydrogen-bond acceptors (Lipinski definition) is 5. The highest BCUT2D eigenvalue weighted by molar-refractivity contribution is 7.23. The van der Waals surface area contributed by atoms with Crippen LogP contribution >= 0.6 is 22.9 Å². The number of halogens is 2. The predicted octanol–water partition coefficient (Wildman–Crippen LogP) is 4.85. The van der Waals surface area contributed by atoms with Gasteiger partial charge in [-0.3, -0.25) is 9.69 Å². The molecule has 0 N–H and O–H groups in total. The third-order valence-corrected chi connectivity index (χ3v) is 6.42. The Labute approximate surface area is 177 Å². The van der Waals surface area contributed by atoms with Crippen LogP contribution in [-0.2, 0) is 16.0 Å². The minimum Gasteiger partial charge on any atom is -0.494 e. The van der Waals surface area contributed by atoms with Crippen LogP contribution in [0.4, 0.5) is 9.52 Å². The van der Waals surface area contributed by atoms with Crippen molar-refractivity contribution in [2.75, 3.05) is 25.2 Å². The molecule has 2 heterocycles. The Kier molecular flexibility index (Phi) is 5.99. The van der Waals surface area contributed by atoms with E-state index in [0.717, 1.165) is 23.1 Å². The maximum Gasteiger partial charge on any atom is 0.233 e.